The van der Waals surface area contributed by atoms with Crippen LogP contribution in [-0.4, -0.2) is 68.1 Å². The second kappa shape index (κ2) is 6.07. The molecule has 4 N–H and O–H groups in total. The Labute approximate surface area is 130 Å². The van der Waals surface area contributed by atoms with Crippen LogP contribution in [0.5, 0.6) is 0 Å². The topological polar surface area (TPSA) is 119 Å². The van der Waals surface area contributed by atoms with Gasteiger partial charge in [-0.1, -0.05) is 0 Å². The molecule has 0 spiro atoms. The van der Waals surface area contributed by atoms with Crippen molar-refractivity contribution in [2.75, 3.05) is 12.0 Å². The molecule has 0 aliphatic carbocycles. The van der Waals surface area contributed by atoms with Gasteiger partial charge in [0.25, 0.3) is 0 Å². The second-order valence-electron chi connectivity index (χ2n) is 4.58. The van der Waals surface area contributed by atoms with E-state index in [0.29, 0.717) is 25.0 Å². The third-order valence-corrected chi connectivity index (χ3v) is 6.75. The van der Waals surface area contributed by atoms with Crippen LogP contribution in [0.1, 0.15) is 6.23 Å². The van der Waals surface area contributed by atoms with Gasteiger partial charge in [-0.05, 0) is 0 Å². The molecule has 0 aromatic carbocycles. The van der Waals surface area contributed by atoms with Gasteiger partial charge in [0.2, 0.25) is 0 Å². The van der Waals surface area contributed by atoms with Gasteiger partial charge in [-0.3, -0.25) is 0 Å². The average molecular weight is 376 g/mol. The zero-order valence-corrected chi connectivity index (χ0v) is 13.7. The maximum absolute atomic E-state index is 10.2. The molecule has 21 heavy (non-hydrogen) atoms. The fraction of sp³-hybridized carbons (Fsp3) is 0.545. The Morgan fingerprint density at radius 3 is 2.95 bits per heavy atom. The third-order valence-electron chi connectivity index (χ3n) is 3.35. The molecular weight excluding hydrogens is 361 g/mol. The molecule has 10 heteroatoms. The molecule has 3 heterocycles. The number of hydrogen-bond acceptors (Lipinski definition) is 8. The SMILES string of the molecule is CS[Se]C[C@H]1O[C@@H](n2cnc3c(N)ncnc32)[C@H](O)[C@@H]1O. The molecule has 114 valence electrons. The molecule has 3 rings (SSSR count). The van der Waals surface area contributed by atoms with Crippen LogP contribution in [0.2, 0.25) is 5.32 Å². The molecule has 1 aliphatic heterocycles. The quantitative estimate of drug-likeness (QED) is 0.607. The van der Waals surface area contributed by atoms with E-state index in [2.05, 4.69) is 15.0 Å². The number of rotatable bonds is 4. The molecule has 1 aliphatic rings. The summed E-state index contributed by atoms with van der Waals surface area (Å²) in [5.41, 5.74) is 6.68. The summed E-state index contributed by atoms with van der Waals surface area (Å²) in [5, 5.41) is 21.1. The molecule has 0 unspecified atom stereocenters. The van der Waals surface area contributed by atoms with Crippen LogP contribution in [0, 0.1) is 0 Å². The van der Waals surface area contributed by atoms with Crippen LogP contribution in [0.4, 0.5) is 5.82 Å². The fourth-order valence-corrected chi connectivity index (χ4v) is 4.84. The van der Waals surface area contributed by atoms with Crippen molar-refractivity contribution in [3.63, 3.8) is 0 Å². The molecule has 8 nitrogen and oxygen atoms in total. The number of imidazole rings is 1. The Bertz CT molecular complexity index is 641. The zero-order valence-electron chi connectivity index (χ0n) is 11.2. The minimum absolute atomic E-state index is 0.272. The van der Waals surface area contributed by atoms with Crippen molar-refractivity contribution in [1.29, 1.82) is 0 Å². The molecule has 0 radical (unpaired) electrons. The zero-order chi connectivity index (χ0) is 15.0. The van der Waals surface area contributed by atoms with Gasteiger partial charge in [-0.2, -0.15) is 0 Å². The summed E-state index contributed by atoms with van der Waals surface area (Å²) >= 11 is 0.309. The third kappa shape index (κ3) is 2.63. The monoisotopic (exact) mass is 377 g/mol. The number of aromatic nitrogens is 4. The van der Waals surface area contributed by atoms with Crippen LogP contribution in [0.25, 0.3) is 11.2 Å². The molecule has 0 amide bonds. The van der Waals surface area contributed by atoms with Crippen LogP contribution in [-0.2, 0) is 4.74 Å². The van der Waals surface area contributed by atoms with Gasteiger partial charge in [0.1, 0.15) is 0 Å². The number of nitrogens with zero attached hydrogens (tertiary/aromatic N) is 4. The van der Waals surface area contributed by atoms with Crippen LogP contribution in [0.15, 0.2) is 12.7 Å². The Hall–Kier alpha value is -0.901. The van der Waals surface area contributed by atoms with E-state index in [9.17, 15) is 10.2 Å². The van der Waals surface area contributed by atoms with E-state index in [4.69, 9.17) is 10.5 Å². The Morgan fingerprint density at radius 2 is 2.19 bits per heavy atom. The summed E-state index contributed by atoms with van der Waals surface area (Å²) in [7, 11) is 1.73. The molecule has 0 saturated carbocycles. The van der Waals surface area contributed by atoms with E-state index in [1.165, 1.54) is 12.7 Å². The number of fused-ring (bicyclic) bond motifs is 1. The van der Waals surface area contributed by atoms with Crippen molar-refractivity contribution in [2.24, 2.45) is 0 Å². The summed E-state index contributed by atoms with van der Waals surface area (Å²) in [5.74, 6) is 0.272. The van der Waals surface area contributed by atoms with Gasteiger partial charge in [0.15, 0.2) is 0 Å². The number of aliphatic hydroxyl groups is 2. The van der Waals surface area contributed by atoms with E-state index >= 15 is 0 Å². The molecule has 4 atom stereocenters. The fourth-order valence-electron chi connectivity index (χ4n) is 2.29. The van der Waals surface area contributed by atoms with E-state index in [1.807, 2.05) is 6.26 Å². The van der Waals surface area contributed by atoms with Crippen molar-refractivity contribution in [1.82, 2.24) is 19.5 Å². The summed E-state index contributed by atoms with van der Waals surface area (Å²) in [6.45, 7) is 0. The first-order valence-corrected chi connectivity index (χ1v) is 10.7. The summed E-state index contributed by atoms with van der Waals surface area (Å²) in [6, 6.07) is 0. The summed E-state index contributed by atoms with van der Waals surface area (Å²) in [6.07, 6.45) is 1.80. The minimum atomic E-state index is -1.03. The average Bonchev–Trinajstić information content (AvgIpc) is 3.02. The normalized spacial score (nSPS) is 29.3. The first-order valence-electron chi connectivity index (χ1n) is 6.23. The van der Waals surface area contributed by atoms with Crippen molar-refractivity contribution in [3.05, 3.63) is 12.7 Å². The predicted molar refractivity (Wildman–Crippen MR) is 79.7 cm³/mol. The number of aliphatic hydroxyl groups excluding tert-OH is 2. The van der Waals surface area contributed by atoms with Crippen LogP contribution in [0.3, 0.4) is 0 Å². The Kier molecular flexibility index (Phi) is 4.34. The molecule has 2 aromatic heterocycles. The molecule has 2 aromatic rings. The van der Waals surface area contributed by atoms with Gasteiger partial charge in [-0.15, -0.1) is 0 Å². The Balaban J connectivity index is 1.90. The number of hydrogen-bond donors (Lipinski definition) is 3. The summed E-state index contributed by atoms with van der Waals surface area (Å²) in [4.78, 5) is 12.2. The molecular formula is C11H15N5O3SSe. The number of anilines is 1. The predicted octanol–water partition coefficient (Wildman–Crippen LogP) is -0.572. The van der Waals surface area contributed by atoms with E-state index in [-0.39, 0.29) is 11.9 Å². The van der Waals surface area contributed by atoms with E-state index in [1.54, 1.807) is 14.7 Å². The number of nitrogens with two attached hydrogens (primary N) is 1. The van der Waals surface area contributed by atoms with Crippen molar-refractivity contribution in [2.45, 2.75) is 29.9 Å². The first-order chi connectivity index (χ1) is 10.1. The van der Waals surface area contributed by atoms with Crippen LogP contribution >= 0.6 is 10.2 Å². The summed E-state index contributed by atoms with van der Waals surface area (Å²) < 4.78 is 7.40. The maximum atomic E-state index is 10.2. The molecule has 1 saturated heterocycles. The first kappa shape index (κ1) is 15.0. The number of nitrogen functional groups attached to an aromatic ring is 1. The second-order valence-corrected chi connectivity index (χ2v) is 9.43. The van der Waals surface area contributed by atoms with E-state index < -0.39 is 18.4 Å². The van der Waals surface area contributed by atoms with Crippen LogP contribution < -0.4 is 5.73 Å². The van der Waals surface area contributed by atoms with Gasteiger partial charge < -0.3 is 0 Å². The van der Waals surface area contributed by atoms with Gasteiger partial charge >= 0.3 is 130 Å². The van der Waals surface area contributed by atoms with Gasteiger partial charge in [-0.25, -0.2) is 0 Å². The van der Waals surface area contributed by atoms with Gasteiger partial charge in [0.05, 0.1) is 0 Å². The van der Waals surface area contributed by atoms with Crippen molar-refractivity contribution in [3.8, 4) is 0 Å². The molecule has 0 bridgehead atoms. The number of ether oxygens (including phenoxy) is 1. The van der Waals surface area contributed by atoms with Gasteiger partial charge in [0, 0.05) is 0 Å². The van der Waals surface area contributed by atoms with E-state index in [0.717, 1.165) is 5.32 Å². The standard InChI is InChI=1S/C11H15N5O3SSe/c1-20-21-2-5-7(17)8(18)11(19-5)16-4-15-6-9(12)13-3-14-10(6)16/h3-5,7-8,11,17-18H,2H2,1H3,(H2,12,13,14)/t5-,7-,8-,11-/m1/s1. The van der Waals surface area contributed by atoms with Crippen molar-refractivity contribution < 1.29 is 14.9 Å². The Morgan fingerprint density at radius 1 is 1.38 bits per heavy atom. The molecule has 1 fully saturated rings. The van der Waals surface area contributed by atoms with Crippen molar-refractivity contribution >= 4 is 41.0 Å².